The van der Waals surface area contributed by atoms with Crippen molar-refractivity contribution in [2.24, 2.45) is 0 Å². The number of hydrogen-bond acceptors (Lipinski definition) is 4. The largest absolute Gasteiger partial charge is 0.496 e. The van der Waals surface area contributed by atoms with E-state index in [4.69, 9.17) is 20.0 Å². The molecule has 0 heterocycles. The molecule has 4 heteroatoms. The van der Waals surface area contributed by atoms with Gasteiger partial charge in [0.05, 0.1) is 7.11 Å². The van der Waals surface area contributed by atoms with Crippen molar-refractivity contribution in [2.45, 2.75) is 33.3 Å². The first kappa shape index (κ1) is 19.1. The molecule has 26 heavy (non-hydrogen) atoms. The van der Waals surface area contributed by atoms with Crippen molar-refractivity contribution in [1.82, 2.24) is 0 Å². The minimum atomic E-state index is 0.0582. The number of ether oxygens (including phenoxy) is 2. The lowest BCUT2D eigenvalue weighted by atomic mass is 10.0. The van der Waals surface area contributed by atoms with Crippen LogP contribution >= 0.6 is 0 Å². The molecule has 0 N–H and O–H groups in total. The summed E-state index contributed by atoms with van der Waals surface area (Å²) in [4.78, 5) is 0. The van der Waals surface area contributed by atoms with Crippen molar-refractivity contribution < 1.29 is 9.47 Å². The molecule has 0 saturated heterocycles. The quantitative estimate of drug-likeness (QED) is 0.680. The average Bonchev–Trinajstić information content (AvgIpc) is 2.64. The zero-order valence-corrected chi connectivity index (χ0v) is 15.5. The topological polar surface area (TPSA) is 66.0 Å². The maximum Gasteiger partial charge on any atom is 0.130 e. The number of nitriles is 2. The van der Waals surface area contributed by atoms with Crippen molar-refractivity contribution in [3.05, 3.63) is 64.2 Å². The Morgan fingerprint density at radius 2 is 1.81 bits per heavy atom. The van der Waals surface area contributed by atoms with Gasteiger partial charge in [-0.1, -0.05) is 32.0 Å². The predicted octanol–water partition coefficient (Wildman–Crippen LogP) is 5.14. The molecule has 132 valence electrons. The highest BCUT2D eigenvalue weighted by atomic mass is 16.5. The Labute approximate surface area is 154 Å². The van der Waals surface area contributed by atoms with Crippen LogP contribution in [0.1, 0.15) is 42.0 Å². The van der Waals surface area contributed by atoms with E-state index >= 15 is 0 Å². The van der Waals surface area contributed by atoms with E-state index in [1.165, 1.54) is 0 Å². The second kappa shape index (κ2) is 8.74. The van der Waals surface area contributed by atoms with Crippen LogP contribution in [0.2, 0.25) is 0 Å². The molecule has 0 unspecified atom stereocenters. The van der Waals surface area contributed by atoms with Crippen LogP contribution in [0.5, 0.6) is 11.5 Å². The summed E-state index contributed by atoms with van der Waals surface area (Å²) in [5, 5.41) is 17.9. The molecule has 0 bridgehead atoms. The SMILES string of the molecule is COc1ccc(C=C(C#N)C#N)cc1COc1cc(C)ccc1C(C)C. The van der Waals surface area contributed by atoms with Crippen LogP contribution in [0, 0.1) is 29.6 Å². The van der Waals surface area contributed by atoms with Crippen LogP contribution in [-0.4, -0.2) is 7.11 Å². The third kappa shape index (κ3) is 4.65. The van der Waals surface area contributed by atoms with Gasteiger partial charge in [-0.3, -0.25) is 0 Å². The highest BCUT2D eigenvalue weighted by molar-refractivity contribution is 5.63. The van der Waals surface area contributed by atoms with Gasteiger partial charge in [-0.2, -0.15) is 10.5 Å². The summed E-state index contributed by atoms with van der Waals surface area (Å²) in [6, 6.07) is 15.5. The summed E-state index contributed by atoms with van der Waals surface area (Å²) in [5.41, 5.74) is 3.97. The molecular weight excluding hydrogens is 324 g/mol. The smallest absolute Gasteiger partial charge is 0.130 e. The van der Waals surface area contributed by atoms with E-state index in [1.807, 2.05) is 43.3 Å². The second-order valence-electron chi connectivity index (χ2n) is 6.34. The summed E-state index contributed by atoms with van der Waals surface area (Å²) < 4.78 is 11.5. The maximum atomic E-state index is 8.93. The van der Waals surface area contributed by atoms with Gasteiger partial charge in [0, 0.05) is 5.56 Å². The molecule has 0 amide bonds. The van der Waals surface area contributed by atoms with E-state index in [0.717, 1.165) is 28.0 Å². The van der Waals surface area contributed by atoms with E-state index in [9.17, 15) is 0 Å². The summed E-state index contributed by atoms with van der Waals surface area (Å²) in [6.45, 7) is 6.64. The van der Waals surface area contributed by atoms with Crippen LogP contribution in [-0.2, 0) is 6.61 Å². The molecule has 0 atom stereocenters. The number of nitrogens with zero attached hydrogens (tertiary/aromatic N) is 2. The zero-order chi connectivity index (χ0) is 19.1. The maximum absolute atomic E-state index is 8.93. The van der Waals surface area contributed by atoms with Crippen molar-refractivity contribution in [3.63, 3.8) is 0 Å². The van der Waals surface area contributed by atoms with E-state index in [2.05, 4.69) is 26.0 Å². The molecule has 0 aliphatic carbocycles. The van der Waals surface area contributed by atoms with E-state index < -0.39 is 0 Å². The second-order valence-corrected chi connectivity index (χ2v) is 6.34. The predicted molar refractivity (Wildman–Crippen MR) is 102 cm³/mol. The minimum absolute atomic E-state index is 0.0582. The van der Waals surface area contributed by atoms with Crippen LogP contribution < -0.4 is 9.47 Å². The molecule has 0 aliphatic rings. The molecule has 4 nitrogen and oxygen atoms in total. The fourth-order valence-corrected chi connectivity index (χ4v) is 2.66. The van der Waals surface area contributed by atoms with Crippen molar-refractivity contribution in [3.8, 4) is 23.6 Å². The lowest BCUT2D eigenvalue weighted by molar-refractivity contribution is 0.292. The number of methoxy groups -OCH3 is 1. The number of benzene rings is 2. The summed E-state index contributed by atoms with van der Waals surface area (Å²) in [5.74, 6) is 1.92. The van der Waals surface area contributed by atoms with Crippen molar-refractivity contribution in [2.75, 3.05) is 7.11 Å². The van der Waals surface area contributed by atoms with Gasteiger partial charge in [0.2, 0.25) is 0 Å². The van der Waals surface area contributed by atoms with Gasteiger partial charge in [-0.15, -0.1) is 0 Å². The molecule has 2 rings (SSSR count). The van der Waals surface area contributed by atoms with Crippen LogP contribution in [0.15, 0.2) is 42.0 Å². The summed E-state index contributed by atoms with van der Waals surface area (Å²) >= 11 is 0. The van der Waals surface area contributed by atoms with Gasteiger partial charge in [0.15, 0.2) is 0 Å². The molecule has 0 saturated carbocycles. The highest BCUT2D eigenvalue weighted by Crippen LogP contribution is 2.29. The van der Waals surface area contributed by atoms with Crippen LogP contribution in [0.25, 0.3) is 6.08 Å². The minimum Gasteiger partial charge on any atom is -0.496 e. The standard InChI is InChI=1S/C22H22N2O2/c1-15(2)20-7-5-16(3)9-22(20)26-14-19-11-17(6-8-21(19)25-4)10-18(12-23)13-24/h5-11,15H,14H2,1-4H3. The Morgan fingerprint density at radius 1 is 1.08 bits per heavy atom. The number of allylic oxidation sites excluding steroid dienone is 1. The van der Waals surface area contributed by atoms with E-state index in [-0.39, 0.29) is 5.57 Å². The monoisotopic (exact) mass is 346 g/mol. The van der Waals surface area contributed by atoms with E-state index in [1.54, 1.807) is 13.2 Å². The van der Waals surface area contributed by atoms with Crippen molar-refractivity contribution in [1.29, 1.82) is 10.5 Å². The molecule has 0 aliphatic heterocycles. The molecule has 0 radical (unpaired) electrons. The Morgan fingerprint density at radius 3 is 2.42 bits per heavy atom. The third-order valence-electron chi connectivity index (χ3n) is 4.03. The highest BCUT2D eigenvalue weighted by Gasteiger charge is 2.11. The molecule has 2 aromatic carbocycles. The normalized spacial score (nSPS) is 9.96. The van der Waals surface area contributed by atoms with Crippen LogP contribution in [0.3, 0.4) is 0 Å². The number of hydrogen-bond donors (Lipinski definition) is 0. The van der Waals surface area contributed by atoms with Gasteiger partial charge >= 0.3 is 0 Å². The van der Waals surface area contributed by atoms with Gasteiger partial charge in [-0.25, -0.2) is 0 Å². The molecule has 0 fully saturated rings. The number of rotatable bonds is 6. The first-order valence-corrected chi connectivity index (χ1v) is 8.40. The van der Waals surface area contributed by atoms with Crippen molar-refractivity contribution >= 4 is 6.08 Å². The first-order valence-electron chi connectivity index (χ1n) is 8.40. The Bertz CT molecular complexity index is 883. The lowest BCUT2D eigenvalue weighted by Gasteiger charge is -2.16. The molecule has 0 spiro atoms. The average molecular weight is 346 g/mol. The van der Waals surface area contributed by atoms with Gasteiger partial charge < -0.3 is 9.47 Å². The Balaban J connectivity index is 2.32. The number of aryl methyl sites for hydroxylation is 1. The molecule has 2 aromatic rings. The third-order valence-corrected chi connectivity index (χ3v) is 4.03. The fourth-order valence-electron chi connectivity index (χ4n) is 2.66. The van der Waals surface area contributed by atoms with E-state index in [0.29, 0.717) is 18.3 Å². The van der Waals surface area contributed by atoms with Gasteiger partial charge in [-0.05, 0) is 53.8 Å². The summed E-state index contributed by atoms with van der Waals surface area (Å²) in [6.07, 6.45) is 1.55. The van der Waals surface area contributed by atoms with Crippen LogP contribution in [0.4, 0.5) is 0 Å². The van der Waals surface area contributed by atoms with Gasteiger partial charge in [0.25, 0.3) is 0 Å². The summed E-state index contributed by atoms with van der Waals surface area (Å²) in [7, 11) is 1.61. The molecular formula is C22H22N2O2. The first-order chi connectivity index (χ1) is 12.5. The molecule has 0 aromatic heterocycles. The van der Waals surface area contributed by atoms with Gasteiger partial charge in [0.1, 0.15) is 35.8 Å². The Kier molecular flexibility index (Phi) is 6.42. The fraction of sp³-hybridized carbons (Fsp3) is 0.273. The Hall–Kier alpha value is -3.24. The lowest BCUT2D eigenvalue weighted by Crippen LogP contribution is -2.02. The zero-order valence-electron chi connectivity index (χ0n) is 15.5.